The lowest BCUT2D eigenvalue weighted by Gasteiger charge is -2.20. The average Bonchev–Trinajstić information content (AvgIpc) is 3.83. The van der Waals surface area contributed by atoms with Crippen molar-refractivity contribution in [1.29, 1.82) is 0 Å². The minimum absolute atomic E-state index is 0.215. The summed E-state index contributed by atoms with van der Waals surface area (Å²) in [5.74, 6) is 1.34. The van der Waals surface area contributed by atoms with Crippen LogP contribution in [-0.4, -0.2) is 27.4 Å². The number of ether oxygens (including phenoxy) is 1. The second-order valence-corrected chi connectivity index (χ2v) is 12.7. The molecule has 6 heteroatoms. The van der Waals surface area contributed by atoms with E-state index in [1.807, 2.05) is 71.8 Å². The van der Waals surface area contributed by atoms with Gasteiger partial charge in [0, 0.05) is 67.4 Å². The standard InChI is InChI=1S/C43H29N5O/c1-45-26-46(38-19-5-4-18-37(38)45)27-10-6-11-28(24-27)49-29-21-22-31-33-15-8-20-39-42(33)48(40(31)25-29)43-35(16-9-23-44-43)34-14-7-13-32-30-12-2-3-17-36(30)47(39)41(32)34/h2-25H,26H2,1H3/i1D3. The zero-order valence-electron chi connectivity index (χ0n) is 29.2. The quantitative estimate of drug-likeness (QED) is 0.194. The predicted molar refractivity (Wildman–Crippen MR) is 202 cm³/mol. The van der Waals surface area contributed by atoms with Gasteiger partial charge in [-0.15, -0.1) is 0 Å². The molecule has 5 heterocycles. The molecule has 1 aliphatic rings. The van der Waals surface area contributed by atoms with Crippen molar-refractivity contribution in [3.63, 3.8) is 0 Å². The summed E-state index contributed by atoms with van der Waals surface area (Å²) in [5.41, 5.74) is 8.75. The van der Waals surface area contributed by atoms with E-state index in [1.54, 1.807) is 0 Å². The highest BCUT2D eigenvalue weighted by molar-refractivity contribution is 6.23. The zero-order valence-corrected chi connectivity index (χ0v) is 26.2. The monoisotopic (exact) mass is 634 g/mol. The second kappa shape index (κ2) is 9.75. The Hall–Kier alpha value is -6.53. The average molecular weight is 635 g/mol. The fraction of sp³-hybridized carbons (Fsp3) is 0.0465. The Morgan fingerprint density at radius 3 is 2.16 bits per heavy atom. The van der Waals surface area contributed by atoms with Crippen LogP contribution in [0.15, 0.2) is 146 Å². The van der Waals surface area contributed by atoms with E-state index in [0.29, 0.717) is 17.2 Å². The van der Waals surface area contributed by atoms with Crippen molar-refractivity contribution >= 4 is 82.6 Å². The van der Waals surface area contributed by atoms with Crippen LogP contribution >= 0.6 is 0 Å². The molecule has 0 fully saturated rings. The Kier molecular flexibility index (Phi) is 4.72. The number of hydrogen-bond acceptors (Lipinski definition) is 4. The summed E-state index contributed by atoms with van der Waals surface area (Å²) >= 11 is 0. The number of nitrogens with zero attached hydrogens (tertiary/aromatic N) is 5. The van der Waals surface area contributed by atoms with E-state index in [4.69, 9.17) is 13.8 Å². The van der Waals surface area contributed by atoms with Crippen molar-refractivity contribution < 1.29 is 8.85 Å². The first-order valence-electron chi connectivity index (χ1n) is 17.9. The van der Waals surface area contributed by atoms with E-state index in [1.165, 1.54) is 21.2 Å². The first-order chi connectivity index (χ1) is 25.4. The lowest BCUT2D eigenvalue weighted by molar-refractivity contribution is 0.483. The van der Waals surface area contributed by atoms with Crippen molar-refractivity contribution in [2.24, 2.45) is 0 Å². The topological polar surface area (TPSA) is 37.4 Å². The summed E-state index contributed by atoms with van der Waals surface area (Å²) in [6, 6.07) is 47.6. The maximum absolute atomic E-state index is 8.12. The molecule has 0 amide bonds. The fourth-order valence-electron chi connectivity index (χ4n) is 8.05. The molecule has 0 radical (unpaired) electrons. The van der Waals surface area contributed by atoms with Crippen LogP contribution in [-0.2, 0) is 0 Å². The van der Waals surface area contributed by atoms with Crippen LogP contribution in [0.25, 0.3) is 65.5 Å². The molecule has 6 aromatic carbocycles. The molecule has 0 spiro atoms. The van der Waals surface area contributed by atoms with Crippen LogP contribution in [0, 0.1) is 0 Å². The van der Waals surface area contributed by atoms with Crippen molar-refractivity contribution in [2.75, 3.05) is 23.4 Å². The molecule has 6 nitrogen and oxygen atoms in total. The third-order valence-corrected chi connectivity index (χ3v) is 10.1. The van der Waals surface area contributed by atoms with Gasteiger partial charge in [0.2, 0.25) is 0 Å². The Morgan fingerprint density at radius 1 is 0.551 bits per heavy atom. The molecule has 0 unspecified atom stereocenters. The van der Waals surface area contributed by atoms with Gasteiger partial charge in [0.05, 0.1) is 45.6 Å². The van der Waals surface area contributed by atoms with E-state index in [0.717, 1.165) is 60.6 Å². The van der Waals surface area contributed by atoms with E-state index in [9.17, 15) is 0 Å². The van der Waals surface area contributed by atoms with Crippen molar-refractivity contribution in [3.05, 3.63) is 146 Å². The van der Waals surface area contributed by atoms with E-state index in [-0.39, 0.29) is 6.67 Å². The summed E-state index contributed by atoms with van der Waals surface area (Å²) in [5, 5.41) is 6.85. The third kappa shape index (κ3) is 3.63. The molecule has 0 N–H and O–H groups in total. The van der Waals surface area contributed by atoms with Crippen LogP contribution in [0.5, 0.6) is 11.5 Å². The van der Waals surface area contributed by atoms with Gasteiger partial charge in [-0.2, -0.15) is 0 Å². The Balaban J connectivity index is 1.13. The first-order valence-corrected chi connectivity index (χ1v) is 16.4. The lowest BCUT2D eigenvalue weighted by Crippen LogP contribution is -2.23. The van der Waals surface area contributed by atoms with Gasteiger partial charge in [-0.1, -0.05) is 66.7 Å². The first kappa shape index (κ1) is 23.7. The third-order valence-electron chi connectivity index (χ3n) is 10.1. The van der Waals surface area contributed by atoms with Gasteiger partial charge < -0.3 is 18.9 Å². The molecule has 1 aliphatic heterocycles. The predicted octanol–water partition coefficient (Wildman–Crippen LogP) is 10.7. The lowest BCUT2D eigenvalue weighted by atomic mass is 10.1. The minimum Gasteiger partial charge on any atom is -0.457 e. The number of benzene rings is 6. The Bertz CT molecular complexity index is 3110. The van der Waals surface area contributed by atoms with E-state index >= 15 is 0 Å². The maximum Gasteiger partial charge on any atom is 0.145 e. The number of fused-ring (bicyclic) bond motifs is 11. The normalized spacial score (nSPS) is 14.4. The molecule has 0 aliphatic carbocycles. The molecular formula is C43H29N5O. The molecule has 0 saturated heterocycles. The molecule has 4 aromatic heterocycles. The highest BCUT2D eigenvalue weighted by Crippen LogP contribution is 2.43. The van der Waals surface area contributed by atoms with Gasteiger partial charge in [-0.3, -0.25) is 4.40 Å². The summed E-state index contributed by atoms with van der Waals surface area (Å²) < 4.78 is 35.7. The Morgan fingerprint density at radius 2 is 1.24 bits per heavy atom. The van der Waals surface area contributed by atoms with Crippen LogP contribution in [0.1, 0.15) is 4.11 Å². The molecule has 0 saturated carbocycles. The number of anilines is 3. The summed E-state index contributed by atoms with van der Waals surface area (Å²) in [7, 11) is 0. The van der Waals surface area contributed by atoms with Crippen molar-refractivity contribution in [1.82, 2.24) is 13.8 Å². The van der Waals surface area contributed by atoms with Crippen LogP contribution < -0.4 is 14.5 Å². The molecule has 0 atom stereocenters. The number of rotatable bonds is 3. The van der Waals surface area contributed by atoms with Gasteiger partial charge in [0.15, 0.2) is 0 Å². The SMILES string of the molecule is [2H]C([2H])([2H])N1CN(c2cccc(Oc3ccc4c5cccc6c5n(c4c3)c3ncccc3c3cccc4c5ccccc5n6c43)c2)c2ccccc21. The molecule has 232 valence electrons. The molecule has 11 rings (SSSR count). The van der Waals surface area contributed by atoms with Gasteiger partial charge >= 0.3 is 0 Å². The molecule has 49 heavy (non-hydrogen) atoms. The number of hydrogen-bond donors (Lipinski definition) is 0. The second-order valence-electron chi connectivity index (χ2n) is 12.7. The highest BCUT2D eigenvalue weighted by Gasteiger charge is 2.24. The van der Waals surface area contributed by atoms with Crippen LogP contribution in [0.4, 0.5) is 17.1 Å². The van der Waals surface area contributed by atoms with E-state index < -0.39 is 6.98 Å². The van der Waals surface area contributed by atoms with Gasteiger partial charge in [-0.05, 0) is 60.7 Å². The number of para-hydroxylation sites is 5. The zero-order chi connectivity index (χ0) is 34.7. The summed E-state index contributed by atoms with van der Waals surface area (Å²) in [6.45, 7) is -2.05. The van der Waals surface area contributed by atoms with Crippen molar-refractivity contribution in [3.8, 4) is 11.5 Å². The Labute approximate surface area is 285 Å². The van der Waals surface area contributed by atoms with Crippen LogP contribution in [0.3, 0.4) is 0 Å². The van der Waals surface area contributed by atoms with Gasteiger partial charge in [0.25, 0.3) is 0 Å². The number of aromatic nitrogens is 3. The van der Waals surface area contributed by atoms with Crippen molar-refractivity contribution in [2.45, 2.75) is 0 Å². The van der Waals surface area contributed by atoms with Gasteiger partial charge in [0.1, 0.15) is 17.1 Å². The molecular weight excluding hydrogens is 603 g/mol. The van der Waals surface area contributed by atoms with Gasteiger partial charge in [-0.25, -0.2) is 4.98 Å². The highest BCUT2D eigenvalue weighted by atomic mass is 16.5. The fourth-order valence-corrected chi connectivity index (χ4v) is 8.05. The summed E-state index contributed by atoms with van der Waals surface area (Å²) in [6.07, 6.45) is 1.87. The van der Waals surface area contributed by atoms with Crippen LogP contribution in [0.2, 0.25) is 0 Å². The minimum atomic E-state index is -2.26. The smallest absolute Gasteiger partial charge is 0.145 e. The number of pyridine rings is 1. The summed E-state index contributed by atoms with van der Waals surface area (Å²) in [4.78, 5) is 8.52. The van der Waals surface area contributed by atoms with E-state index in [2.05, 4.69) is 87.7 Å². The molecule has 0 bridgehead atoms. The maximum atomic E-state index is 8.12. The largest absolute Gasteiger partial charge is 0.457 e. The molecule has 10 aromatic rings.